The normalized spacial score (nSPS) is 18.7. The Hall–Kier alpha value is -0.620. The van der Waals surface area contributed by atoms with Crippen LogP contribution in [0, 0.1) is 11.5 Å². The lowest BCUT2D eigenvalue weighted by Crippen LogP contribution is -2.42. The molecule has 1 atom stereocenters. The van der Waals surface area contributed by atoms with Crippen molar-refractivity contribution in [1.29, 1.82) is 5.26 Å². The third-order valence-electron chi connectivity index (χ3n) is 3.64. The summed E-state index contributed by atoms with van der Waals surface area (Å²) in [5.74, 6) is 0. The SMILES string of the molecule is CCCN([C@@H]1CCN(C#N)C1)S(=O)(=O)c1cc(Br)ccc1Br. The zero-order valence-electron chi connectivity index (χ0n) is 12.2. The summed E-state index contributed by atoms with van der Waals surface area (Å²) >= 11 is 6.66. The van der Waals surface area contributed by atoms with Crippen molar-refractivity contribution in [2.75, 3.05) is 19.6 Å². The first-order chi connectivity index (χ1) is 10.4. The average molecular weight is 451 g/mol. The Morgan fingerprint density at radius 2 is 2.18 bits per heavy atom. The van der Waals surface area contributed by atoms with Crippen LogP contribution in [0.15, 0.2) is 32.0 Å². The largest absolute Gasteiger partial charge is 0.309 e. The molecule has 120 valence electrons. The van der Waals surface area contributed by atoms with Crippen LogP contribution in [-0.2, 0) is 10.0 Å². The first kappa shape index (κ1) is 17.7. The molecule has 0 aromatic heterocycles. The molecule has 0 saturated carbocycles. The van der Waals surface area contributed by atoms with Gasteiger partial charge in [0.05, 0.1) is 4.90 Å². The molecule has 0 spiro atoms. The molecule has 0 bridgehead atoms. The van der Waals surface area contributed by atoms with Gasteiger partial charge in [-0.25, -0.2) is 8.42 Å². The molecule has 1 fully saturated rings. The highest BCUT2D eigenvalue weighted by molar-refractivity contribution is 9.11. The summed E-state index contributed by atoms with van der Waals surface area (Å²) in [6.07, 6.45) is 3.51. The fourth-order valence-electron chi connectivity index (χ4n) is 2.59. The summed E-state index contributed by atoms with van der Waals surface area (Å²) < 4.78 is 28.9. The van der Waals surface area contributed by atoms with E-state index < -0.39 is 10.0 Å². The van der Waals surface area contributed by atoms with Crippen molar-refractivity contribution in [3.63, 3.8) is 0 Å². The van der Waals surface area contributed by atoms with Crippen LogP contribution in [0.3, 0.4) is 0 Å². The van der Waals surface area contributed by atoms with Crippen LogP contribution in [0.4, 0.5) is 0 Å². The topological polar surface area (TPSA) is 64.4 Å². The maximum Gasteiger partial charge on any atom is 0.244 e. The molecule has 0 aliphatic carbocycles. The molecule has 8 heteroatoms. The van der Waals surface area contributed by atoms with Crippen molar-refractivity contribution in [3.8, 4) is 6.19 Å². The summed E-state index contributed by atoms with van der Waals surface area (Å²) in [5, 5.41) is 8.99. The number of benzene rings is 1. The Kier molecular flexibility index (Phi) is 5.88. The number of halogens is 2. The monoisotopic (exact) mass is 449 g/mol. The number of nitrogens with zero attached hydrogens (tertiary/aromatic N) is 3. The highest BCUT2D eigenvalue weighted by atomic mass is 79.9. The van der Waals surface area contributed by atoms with Crippen molar-refractivity contribution in [2.45, 2.75) is 30.7 Å². The van der Waals surface area contributed by atoms with Crippen LogP contribution >= 0.6 is 31.9 Å². The highest BCUT2D eigenvalue weighted by Gasteiger charge is 2.36. The Labute approximate surface area is 148 Å². The number of nitriles is 1. The van der Waals surface area contributed by atoms with Crippen molar-refractivity contribution in [1.82, 2.24) is 9.21 Å². The van der Waals surface area contributed by atoms with Crippen LogP contribution in [0.1, 0.15) is 19.8 Å². The minimum absolute atomic E-state index is 0.157. The van der Waals surface area contributed by atoms with E-state index in [9.17, 15) is 8.42 Å². The molecular formula is C14H17Br2N3O2S. The van der Waals surface area contributed by atoms with Gasteiger partial charge in [0, 0.05) is 34.6 Å². The minimum atomic E-state index is -3.61. The van der Waals surface area contributed by atoms with E-state index in [1.54, 1.807) is 23.1 Å². The van der Waals surface area contributed by atoms with Gasteiger partial charge in [-0.15, -0.1) is 0 Å². The lowest BCUT2D eigenvalue weighted by atomic mass is 10.2. The first-order valence-corrected chi connectivity index (χ1v) is 10.0. The molecule has 1 saturated heterocycles. The zero-order valence-corrected chi connectivity index (χ0v) is 16.2. The third-order valence-corrected chi connectivity index (χ3v) is 7.07. The lowest BCUT2D eigenvalue weighted by Gasteiger charge is -2.28. The Morgan fingerprint density at radius 1 is 1.45 bits per heavy atom. The molecule has 1 aromatic carbocycles. The Morgan fingerprint density at radius 3 is 2.77 bits per heavy atom. The van der Waals surface area contributed by atoms with Gasteiger partial charge in [0.15, 0.2) is 6.19 Å². The Bertz CT molecular complexity index is 688. The summed E-state index contributed by atoms with van der Waals surface area (Å²) in [4.78, 5) is 1.87. The van der Waals surface area contributed by atoms with Crippen molar-refractivity contribution < 1.29 is 8.42 Å². The number of hydrogen-bond donors (Lipinski definition) is 0. The summed E-state index contributed by atoms with van der Waals surface area (Å²) in [7, 11) is -3.61. The summed E-state index contributed by atoms with van der Waals surface area (Å²) in [5.41, 5.74) is 0. The van der Waals surface area contributed by atoms with Crippen LogP contribution in [-0.4, -0.2) is 43.3 Å². The van der Waals surface area contributed by atoms with E-state index in [1.165, 1.54) is 4.31 Å². The van der Waals surface area contributed by atoms with Gasteiger partial charge < -0.3 is 4.90 Å². The fourth-order valence-corrected chi connectivity index (χ4v) is 5.79. The van der Waals surface area contributed by atoms with Gasteiger partial charge in [-0.3, -0.25) is 0 Å². The van der Waals surface area contributed by atoms with E-state index in [4.69, 9.17) is 5.26 Å². The van der Waals surface area contributed by atoms with E-state index in [2.05, 4.69) is 38.1 Å². The van der Waals surface area contributed by atoms with Crippen LogP contribution in [0.2, 0.25) is 0 Å². The van der Waals surface area contributed by atoms with Gasteiger partial charge in [-0.1, -0.05) is 22.9 Å². The minimum Gasteiger partial charge on any atom is -0.309 e. The second kappa shape index (κ2) is 7.30. The van der Waals surface area contributed by atoms with Crippen LogP contribution < -0.4 is 0 Å². The van der Waals surface area contributed by atoms with E-state index in [-0.39, 0.29) is 10.9 Å². The summed E-state index contributed by atoms with van der Waals surface area (Å²) in [6.45, 7) is 3.47. The molecule has 1 aliphatic heterocycles. The van der Waals surface area contributed by atoms with E-state index >= 15 is 0 Å². The molecule has 5 nitrogen and oxygen atoms in total. The number of hydrogen-bond acceptors (Lipinski definition) is 4. The predicted molar refractivity (Wildman–Crippen MR) is 91.6 cm³/mol. The molecule has 1 aromatic rings. The van der Waals surface area contributed by atoms with E-state index in [1.807, 2.05) is 6.92 Å². The molecule has 1 aliphatic rings. The van der Waals surface area contributed by atoms with Crippen LogP contribution in [0.5, 0.6) is 0 Å². The van der Waals surface area contributed by atoms with Gasteiger partial charge >= 0.3 is 0 Å². The van der Waals surface area contributed by atoms with Gasteiger partial charge in [0.25, 0.3) is 0 Å². The van der Waals surface area contributed by atoms with Crippen LogP contribution in [0.25, 0.3) is 0 Å². The standard InChI is InChI=1S/C14H17Br2N3O2S/c1-2-6-19(12-5-7-18(9-12)10-17)22(20,21)14-8-11(15)3-4-13(14)16/h3-4,8,12H,2,5-7,9H2,1H3/t12-/m1/s1. The molecule has 22 heavy (non-hydrogen) atoms. The zero-order chi connectivity index (χ0) is 16.3. The maximum absolute atomic E-state index is 13.1. The van der Waals surface area contributed by atoms with E-state index in [0.717, 1.165) is 10.9 Å². The average Bonchev–Trinajstić information content (AvgIpc) is 2.95. The number of rotatable bonds is 5. The van der Waals surface area contributed by atoms with Gasteiger partial charge in [-0.2, -0.15) is 9.57 Å². The molecule has 1 heterocycles. The lowest BCUT2D eigenvalue weighted by molar-refractivity contribution is 0.320. The number of sulfonamides is 1. The third kappa shape index (κ3) is 3.65. The predicted octanol–water partition coefficient (Wildman–Crippen LogP) is 3.17. The number of likely N-dealkylation sites (tertiary alicyclic amines) is 1. The van der Waals surface area contributed by atoms with Gasteiger partial charge in [-0.05, 0) is 47.0 Å². The smallest absolute Gasteiger partial charge is 0.244 e. The molecular weight excluding hydrogens is 434 g/mol. The second-order valence-corrected chi connectivity index (χ2v) is 8.81. The summed E-state index contributed by atoms with van der Waals surface area (Å²) in [6, 6.07) is 4.96. The fraction of sp³-hybridized carbons (Fsp3) is 0.500. The van der Waals surface area contributed by atoms with Crippen molar-refractivity contribution in [3.05, 3.63) is 27.1 Å². The van der Waals surface area contributed by atoms with Crippen molar-refractivity contribution >= 4 is 41.9 Å². The second-order valence-electron chi connectivity index (χ2n) is 5.18. The molecule has 0 radical (unpaired) electrons. The molecule has 0 N–H and O–H groups in total. The van der Waals surface area contributed by atoms with Gasteiger partial charge in [0.1, 0.15) is 0 Å². The highest BCUT2D eigenvalue weighted by Crippen LogP contribution is 2.31. The first-order valence-electron chi connectivity index (χ1n) is 7.01. The Balaban J connectivity index is 2.39. The maximum atomic E-state index is 13.1. The molecule has 0 unspecified atom stereocenters. The molecule has 0 amide bonds. The van der Waals surface area contributed by atoms with Gasteiger partial charge in [0.2, 0.25) is 10.0 Å². The molecule has 2 rings (SSSR count). The van der Waals surface area contributed by atoms with E-state index in [0.29, 0.717) is 30.5 Å². The van der Waals surface area contributed by atoms with Crippen molar-refractivity contribution in [2.24, 2.45) is 0 Å². The quantitative estimate of drug-likeness (QED) is 0.646.